The zero-order chi connectivity index (χ0) is 24.4. The number of amides is 1. The molecule has 4 aliphatic carbocycles. The van der Waals surface area contributed by atoms with Gasteiger partial charge in [-0.2, -0.15) is 0 Å². The minimum atomic E-state index is 0.0567. The van der Waals surface area contributed by atoms with Gasteiger partial charge in [0.15, 0.2) is 4.96 Å². The van der Waals surface area contributed by atoms with E-state index in [9.17, 15) is 4.79 Å². The number of hydrogen-bond acceptors (Lipinski definition) is 4. The molecule has 4 saturated carbocycles. The molecule has 36 heavy (non-hydrogen) atoms. The number of nitrogens with zero attached hydrogens (tertiary/aromatic N) is 2. The molecule has 1 atom stereocenters. The van der Waals surface area contributed by atoms with Crippen molar-refractivity contribution in [2.45, 2.75) is 58.4 Å². The summed E-state index contributed by atoms with van der Waals surface area (Å²) in [7, 11) is 0. The van der Waals surface area contributed by atoms with Gasteiger partial charge in [0.2, 0.25) is 0 Å². The third kappa shape index (κ3) is 3.64. The van der Waals surface area contributed by atoms with E-state index in [1.165, 1.54) is 38.5 Å². The largest absolute Gasteiger partial charge is 0.494 e. The fraction of sp³-hybridized carbons (Fsp3) is 0.467. The number of aromatic nitrogens is 2. The Hall–Kier alpha value is -2.86. The fourth-order valence-electron chi connectivity index (χ4n) is 7.81. The summed E-state index contributed by atoms with van der Waals surface area (Å²) in [6.45, 7) is 4.90. The van der Waals surface area contributed by atoms with Crippen LogP contribution in [0.1, 0.15) is 62.7 Å². The van der Waals surface area contributed by atoms with Crippen LogP contribution >= 0.6 is 11.3 Å². The highest BCUT2D eigenvalue weighted by Gasteiger charge is 2.53. The highest BCUT2D eigenvalue weighted by molar-refractivity contribution is 7.23. The lowest BCUT2D eigenvalue weighted by Crippen LogP contribution is -2.55. The number of ether oxygens (including phenoxy) is 1. The van der Waals surface area contributed by atoms with Gasteiger partial charge in [0.25, 0.3) is 5.91 Å². The van der Waals surface area contributed by atoms with Gasteiger partial charge in [-0.3, -0.25) is 9.20 Å². The molecule has 1 N–H and O–H groups in total. The van der Waals surface area contributed by atoms with Crippen LogP contribution in [0, 0.1) is 23.2 Å². The van der Waals surface area contributed by atoms with E-state index in [1.807, 2.05) is 43.3 Å². The second-order valence-corrected chi connectivity index (χ2v) is 12.5. The van der Waals surface area contributed by atoms with Crippen LogP contribution in [0.4, 0.5) is 0 Å². The highest BCUT2D eigenvalue weighted by atomic mass is 32.1. The van der Waals surface area contributed by atoms with Crippen LogP contribution in [0.5, 0.6) is 5.75 Å². The van der Waals surface area contributed by atoms with Gasteiger partial charge in [0, 0.05) is 23.4 Å². The van der Waals surface area contributed by atoms with E-state index < -0.39 is 0 Å². The van der Waals surface area contributed by atoms with Crippen LogP contribution in [-0.4, -0.2) is 27.9 Å². The van der Waals surface area contributed by atoms with E-state index in [2.05, 4.69) is 28.9 Å². The Labute approximate surface area is 215 Å². The molecular formula is C30H33N3O2S. The van der Waals surface area contributed by atoms with E-state index in [-0.39, 0.29) is 11.9 Å². The molecule has 4 aromatic rings. The van der Waals surface area contributed by atoms with Crippen molar-refractivity contribution in [3.8, 4) is 17.0 Å². The zero-order valence-electron chi connectivity index (χ0n) is 21.0. The van der Waals surface area contributed by atoms with Crippen LogP contribution in [0.3, 0.4) is 0 Å². The van der Waals surface area contributed by atoms with Crippen molar-refractivity contribution in [1.29, 1.82) is 0 Å². The number of thiazole rings is 1. The Balaban J connectivity index is 1.11. The van der Waals surface area contributed by atoms with Crippen molar-refractivity contribution < 1.29 is 9.53 Å². The molecular weight excluding hydrogens is 466 g/mol. The topological polar surface area (TPSA) is 55.6 Å². The molecule has 2 aromatic carbocycles. The van der Waals surface area contributed by atoms with Gasteiger partial charge in [-0.15, -0.1) is 0 Å². The predicted molar refractivity (Wildman–Crippen MR) is 145 cm³/mol. The number of benzene rings is 2. The average Bonchev–Trinajstić information content (AvgIpc) is 3.41. The van der Waals surface area contributed by atoms with Crippen LogP contribution in [0.25, 0.3) is 26.4 Å². The molecule has 4 fully saturated rings. The Morgan fingerprint density at radius 1 is 1.11 bits per heavy atom. The first-order chi connectivity index (χ1) is 17.5. The minimum Gasteiger partial charge on any atom is -0.494 e. The van der Waals surface area contributed by atoms with Crippen molar-refractivity contribution in [2.24, 2.45) is 23.2 Å². The quantitative estimate of drug-likeness (QED) is 0.312. The Bertz CT molecular complexity index is 1420. The lowest BCUT2D eigenvalue weighted by Gasteiger charge is -2.59. The number of hydrogen-bond donors (Lipinski definition) is 1. The lowest BCUT2D eigenvalue weighted by atomic mass is 9.48. The highest BCUT2D eigenvalue weighted by Crippen LogP contribution is 2.61. The van der Waals surface area contributed by atoms with E-state index in [0.29, 0.717) is 12.0 Å². The molecule has 4 bridgehead atoms. The zero-order valence-corrected chi connectivity index (χ0v) is 21.8. The summed E-state index contributed by atoms with van der Waals surface area (Å²) in [5.41, 5.74) is 4.16. The second kappa shape index (κ2) is 8.34. The summed E-state index contributed by atoms with van der Waals surface area (Å²) in [5, 5.41) is 3.42. The summed E-state index contributed by atoms with van der Waals surface area (Å²) in [4.78, 5) is 19.1. The van der Waals surface area contributed by atoms with E-state index in [1.54, 1.807) is 11.3 Å². The number of carbonyl (C=O) groups excluding carboxylic acids is 1. The van der Waals surface area contributed by atoms with E-state index in [0.717, 1.165) is 55.5 Å². The monoisotopic (exact) mass is 499 g/mol. The Morgan fingerprint density at radius 2 is 1.81 bits per heavy atom. The molecule has 0 saturated heterocycles. The Kier molecular flexibility index (Phi) is 5.18. The number of carbonyl (C=O) groups is 1. The van der Waals surface area contributed by atoms with E-state index >= 15 is 0 Å². The van der Waals surface area contributed by atoms with Crippen LogP contribution in [-0.2, 0) is 0 Å². The van der Waals surface area contributed by atoms with Crippen molar-refractivity contribution in [3.05, 3.63) is 54.2 Å². The van der Waals surface area contributed by atoms with Crippen molar-refractivity contribution in [1.82, 2.24) is 14.7 Å². The molecule has 5 nitrogen and oxygen atoms in total. The Morgan fingerprint density at radius 3 is 2.47 bits per heavy atom. The molecule has 0 unspecified atom stereocenters. The lowest BCUT2D eigenvalue weighted by molar-refractivity contribution is -0.0688. The summed E-state index contributed by atoms with van der Waals surface area (Å²) in [6, 6.07) is 14.4. The predicted octanol–water partition coefficient (Wildman–Crippen LogP) is 6.95. The summed E-state index contributed by atoms with van der Waals surface area (Å²) in [6.07, 6.45) is 10.3. The maximum atomic E-state index is 13.3. The number of rotatable bonds is 6. The van der Waals surface area contributed by atoms with Crippen molar-refractivity contribution >= 4 is 32.4 Å². The average molecular weight is 500 g/mol. The van der Waals surface area contributed by atoms with Gasteiger partial charge in [-0.25, -0.2) is 4.98 Å². The van der Waals surface area contributed by atoms with Crippen LogP contribution in [0.15, 0.2) is 48.7 Å². The minimum absolute atomic E-state index is 0.0567. The third-order valence-electron chi connectivity index (χ3n) is 9.17. The SMILES string of the molecule is CCOc1ccc(-c2cn3c(n2)sc2cc(C(=O)N[C@@H](C)C45CC6CC(CC(C6)C4)C5)ccc23)cc1. The van der Waals surface area contributed by atoms with Crippen LogP contribution in [0.2, 0.25) is 0 Å². The third-order valence-corrected chi connectivity index (χ3v) is 10.2. The normalized spacial score (nSPS) is 27.6. The number of nitrogens with one attached hydrogen (secondary N) is 1. The molecule has 0 aliphatic heterocycles. The van der Waals surface area contributed by atoms with Crippen molar-refractivity contribution in [3.63, 3.8) is 0 Å². The van der Waals surface area contributed by atoms with Gasteiger partial charge in [-0.1, -0.05) is 11.3 Å². The molecule has 1 amide bonds. The van der Waals surface area contributed by atoms with Gasteiger partial charge in [0.1, 0.15) is 5.75 Å². The first kappa shape index (κ1) is 22.3. The summed E-state index contributed by atoms with van der Waals surface area (Å²) < 4.78 is 8.78. The summed E-state index contributed by atoms with van der Waals surface area (Å²) in [5.74, 6) is 3.60. The van der Waals surface area contributed by atoms with E-state index in [4.69, 9.17) is 9.72 Å². The summed E-state index contributed by atoms with van der Waals surface area (Å²) >= 11 is 1.63. The fourth-order valence-corrected chi connectivity index (χ4v) is 8.86. The maximum Gasteiger partial charge on any atom is 0.251 e. The molecule has 8 rings (SSSR count). The molecule has 0 spiro atoms. The van der Waals surface area contributed by atoms with Gasteiger partial charge in [-0.05, 0) is 118 Å². The number of imidazole rings is 1. The first-order valence-electron chi connectivity index (χ1n) is 13.5. The molecule has 0 radical (unpaired) electrons. The van der Waals surface area contributed by atoms with Crippen molar-refractivity contribution in [2.75, 3.05) is 6.61 Å². The van der Waals surface area contributed by atoms with Crippen LogP contribution < -0.4 is 10.1 Å². The first-order valence-corrected chi connectivity index (χ1v) is 14.3. The van der Waals surface area contributed by atoms with Gasteiger partial charge < -0.3 is 10.1 Å². The van der Waals surface area contributed by atoms with Gasteiger partial charge in [0.05, 0.1) is 22.5 Å². The molecule has 186 valence electrons. The van der Waals surface area contributed by atoms with Gasteiger partial charge >= 0.3 is 0 Å². The molecule has 6 heteroatoms. The maximum absolute atomic E-state index is 13.3. The number of fused-ring (bicyclic) bond motifs is 3. The standard InChI is InChI=1S/C30H33N3O2S/c1-3-35-24-7-4-22(5-8-24)25-17-33-26-9-6-23(13-27(26)36-29(33)32-25)28(34)31-18(2)30-14-19-10-20(15-30)12-21(11-19)16-30/h4-9,13,17-21H,3,10-12,14-16H2,1-2H3,(H,31,34)/t18-,19?,20?,21?,30?/m0/s1. The molecule has 4 aliphatic rings. The smallest absolute Gasteiger partial charge is 0.251 e. The second-order valence-electron chi connectivity index (χ2n) is 11.5. The molecule has 2 aromatic heterocycles. The molecule has 2 heterocycles.